The molecule has 0 aliphatic heterocycles. The molecule has 0 radical (unpaired) electrons. The van der Waals surface area contributed by atoms with E-state index in [9.17, 15) is 0 Å². The van der Waals surface area contributed by atoms with Gasteiger partial charge in [-0.15, -0.1) is 0 Å². The monoisotopic (exact) mass is 200 g/mol. The fourth-order valence-corrected chi connectivity index (χ4v) is 1.53. The van der Waals surface area contributed by atoms with Crippen LogP contribution in [0.4, 0.5) is 0 Å². The summed E-state index contributed by atoms with van der Waals surface area (Å²) >= 11 is 6.03. The second kappa shape index (κ2) is 4.66. The highest BCUT2D eigenvalue weighted by Crippen LogP contribution is 2.14. The number of hydrogen-bond acceptors (Lipinski definition) is 1. The van der Waals surface area contributed by atoms with Gasteiger partial charge in [-0.25, -0.2) is 0 Å². The largest absolute Gasteiger partial charge is 0.254 e. The lowest BCUT2D eigenvalue weighted by Gasteiger charge is -2.05. The van der Waals surface area contributed by atoms with Gasteiger partial charge >= 0.3 is 0 Å². The van der Waals surface area contributed by atoms with E-state index in [1.54, 1.807) is 0 Å². The van der Waals surface area contributed by atoms with Crippen LogP contribution in [0.1, 0.15) is 32.9 Å². The average Bonchev–Trinajstić information content (AvgIpc) is 2.31. The van der Waals surface area contributed by atoms with E-state index in [-0.39, 0.29) is 0 Å². The predicted molar refractivity (Wildman–Crippen MR) is 56.1 cm³/mol. The number of aromatic nitrogens is 2. The van der Waals surface area contributed by atoms with Gasteiger partial charge in [0.25, 0.3) is 0 Å². The van der Waals surface area contributed by atoms with Crippen molar-refractivity contribution in [3.8, 4) is 0 Å². The smallest absolute Gasteiger partial charge is 0.127 e. The van der Waals surface area contributed by atoms with Crippen LogP contribution in [0.5, 0.6) is 0 Å². The molecule has 13 heavy (non-hydrogen) atoms. The molecule has 0 aliphatic rings. The highest BCUT2D eigenvalue weighted by molar-refractivity contribution is 6.29. The van der Waals surface area contributed by atoms with Crippen LogP contribution in [0.3, 0.4) is 0 Å². The topological polar surface area (TPSA) is 17.8 Å². The lowest BCUT2D eigenvalue weighted by atomic mass is 10.2. The fraction of sp³-hybridized carbons (Fsp3) is 0.700. The van der Waals surface area contributed by atoms with Gasteiger partial charge in [0.2, 0.25) is 0 Å². The maximum absolute atomic E-state index is 6.03. The van der Waals surface area contributed by atoms with E-state index in [0.717, 1.165) is 30.2 Å². The summed E-state index contributed by atoms with van der Waals surface area (Å²) in [4.78, 5) is 0. The van der Waals surface area contributed by atoms with Gasteiger partial charge in [-0.1, -0.05) is 38.8 Å². The van der Waals surface area contributed by atoms with Gasteiger partial charge in [0.1, 0.15) is 5.15 Å². The molecule has 1 aromatic heterocycles. The molecule has 0 fully saturated rings. The number of hydrogen-bond donors (Lipinski definition) is 0. The van der Waals surface area contributed by atoms with Crippen LogP contribution in [0.25, 0.3) is 0 Å². The van der Waals surface area contributed by atoms with Crippen molar-refractivity contribution in [2.45, 2.75) is 40.2 Å². The summed E-state index contributed by atoms with van der Waals surface area (Å²) in [5, 5.41) is 5.19. The zero-order chi connectivity index (χ0) is 9.84. The van der Waals surface area contributed by atoms with Crippen LogP contribution in [0, 0.1) is 5.92 Å². The first-order valence-corrected chi connectivity index (χ1v) is 5.23. The summed E-state index contributed by atoms with van der Waals surface area (Å²) in [6, 6.07) is 1.97. The van der Waals surface area contributed by atoms with Crippen molar-refractivity contribution >= 4 is 11.6 Å². The van der Waals surface area contributed by atoms with Crippen LogP contribution >= 0.6 is 11.6 Å². The van der Waals surface area contributed by atoms with E-state index in [1.807, 2.05) is 10.7 Å². The maximum Gasteiger partial charge on any atom is 0.127 e. The molecular formula is C10H17ClN2. The van der Waals surface area contributed by atoms with Gasteiger partial charge in [0.05, 0.1) is 5.69 Å². The molecule has 1 rings (SSSR count). The second-order valence-corrected chi connectivity index (χ2v) is 4.17. The standard InChI is InChI=1S/C10H17ClN2/c1-4-5-9-6-10(11)13(12-9)7-8(2)3/h6,8H,4-5,7H2,1-3H3. The van der Waals surface area contributed by atoms with E-state index >= 15 is 0 Å². The SMILES string of the molecule is CCCc1cc(Cl)n(CC(C)C)n1. The molecule has 0 amide bonds. The highest BCUT2D eigenvalue weighted by atomic mass is 35.5. The first-order chi connectivity index (χ1) is 6.13. The molecule has 0 unspecified atom stereocenters. The molecular weight excluding hydrogens is 184 g/mol. The van der Waals surface area contributed by atoms with Crippen LogP contribution < -0.4 is 0 Å². The first kappa shape index (κ1) is 10.6. The summed E-state index contributed by atoms with van der Waals surface area (Å²) in [6.45, 7) is 7.38. The Morgan fingerprint density at radius 2 is 2.23 bits per heavy atom. The third-order valence-corrected chi connectivity index (χ3v) is 2.13. The Balaban J connectivity index is 2.71. The Labute approximate surface area is 84.9 Å². The molecule has 2 nitrogen and oxygen atoms in total. The Morgan fingerprint density at radius 1 is 1.54 bits per heavy atom. The summed E-state index contributed by atoms with van der Waals surface area (Å²) in [5.74, 6) is 0.590. The minimum atomic E-state index is 0.590. The second-order valence-electron chi connectivity index (χ2n) is 3.78. The van der Waals surface area contributed by atoms with E-state index in [0.29, 0.717) is 5.92 Å². The molecule has 1 heterocycles. The van der Waals surface area contributed by atoms with Gasteiger partial charge in [0, 0.05) is 6.54 Å². The van der Waals surface area contributed by atoms with Crippen molar-refractivity contribution in [2.75, 3.05) is 0 Å². The number of halogens is 1. The van der Waals surface area contributed by atoms with Crippen molar-refractivity contribution in [1.82, 2.24) is 9.78 Å². The summed E-state index contributed by atoms with van der Waals surface area (Å²) in [7, 11) is 0. The normalized spacial score (nSPS) is 11.2. The Hall–Kier alpha value is -0.500. The predicted octanol–water partition coefficient (Wildman–Crippen LogP) is 3.15. The maximum atomic E-state index is 6.03. The molecule has 0 aliphatic carbocycles. The molecule has 0 atom stereocenters. The van der Waals surface area contributed by atoms with Crippen molar-refractivity contribution in [2.24, 2.45) is 5.92 Å². The summed E-state index contributed by atoms with van der Waals surface area (Å²) in [5.41, 5.74) is 1.10. The van der Waals surface area contributed by atoms with Gasteiger partial charge < -0.3 is 0 Å². The molecule has 0 aromatic carbocycles. The Kier molecular flexibility index (Phi) is 3.79. The van der Waals surface area contributed by atoms with Gasteiger partial charge in [-0.05, 0) is 18.4 Å². The summed E-state index contributed by atoms with van der Waals surface area (Å²) in [6.07, 6.45) is 2.14. The van der Waals surface area contributed by atoms with E-state index in [2.05, 4.69) is 25.9 Å². The van der Waals surface area contributed by atoms with E-state index in [1.165, 1.54) is 0 Å². The Morgan fingerprint density at radius 3 is 2.77 bits per heavy atom. The Bertz CT molecular complexity index is 266. The highest BCUT2D eigenvalue weighted by Gasteiger charge is 2.05. The van der Waals surface area contributed by atoms with Crippen molar-refractivity contribution in [3.63, 3.8) is 0 Å². The fourth-order valence-electron chi connectivity index (χ4n) is 1.30. The summed E-state index contributed by atoms with van der Waals surface area (Å²) < 4.78 is 1.89. The van der Waals surface area contributed by atoms with Crippen LogP contribution in [-0.4, -0.2) is 9.78 Å². The molecule has 0 saturated heterocycles. The van der Waals surface area contributed by atoms with E-state index < -0.39 is 0 Å². The van der Waals surface area contributed by atoms with Gasteiger partial charge in [-0.3, -0.25) is 4.68 Å². The quantitative estimate of drug-likeness (QED) is 0.730. The number of nitrogens with zero attached hydrogens (tertiary/aromatic N) is 2. The number of aryl methyl sites for hydroxylation is 1. The van der Waals surface area contributed by atoms with Crippen LogP contribution in [-0.2, 0) is 13.0 Å². The lowest BCUT2D eigenvalue weighted by Crippen LogP contribution is -2.06. The van der Waals surface area contributed by atoms with E-state index in [4.69, 9.17) is 11.6 Å². The molecule has 1 aromatic rings. The van der Waals surface area contributed by atoms with Crippen molar-refractivity contribution < 1.29 is 0 Å². The molecule has 74 valence electrons. The number of rotatable bonds is 4. The van der Waals surface area contributed by atoms with Crippen molar-refractivity contribution in [3.05, 3.63) is 16.9 Å². The molecule has 0 spiro atoms. The zero-order valence-corrected chi connectivity index (χ0v) is 9.30. The average molecular weight is 201 g/mol. The minimum absolute atomic E-state index is 0.590. The molecule has 3 heteroatoms. The molecule has 0 bridgehead atoms. The first-order valence-electron chi connectivity index (χ1n) is 4.85. The third-order valence-electron chi connectivity index (χ3n) is 1.83. The third kappa shape index (κ3) is 3.03. The van der Waals surface area contributed by atoms with Gasteiger partial charge in [0.15, 0.2) is 0 Å². The minimum Gasteiger partial charge on any atom is -0.254 e. The van der Waals surface area contributed by atoms with Crippen molar-refractivity contribution in [1.29, 1.82) is 0 Å². The van der Waals surface area contributed by atoms with Crippen LogP contribution in [0.2, 0.25) is 5.15 Å². The zero-order valence-electron chi connectivity index (χ0n) is 8.55. The molecule has 0 N–H and O–H groups in total. The lowest BCUT2D eigenvalue weighted by molar-refractivity contribution is 0.480. The van der Waals surface area contributed by atoms with Crippen LogP contribution in [0.15, 0.2) is 6.07 Å². The van der Waals surface area contributed by atoms with Gasteiger partial charge in [-0.2, -0.15) is 5.10 Å². The molecule has 0 saturated carbocycles.